The molecule has 2 heterocycles. The normalized spacial score (nSPS) is 21.5. The minimum atomic E-state index is 0.225. The predicted molar refractivity (Wildman–Crippen MR) is 116 cm³/mol. The Morgan fingerprint density at radius 2 is 1.75 bits per heavy atom. The lowest BCUT2D eigenvalue weighted by Gasteiger charge is -2.41. The number of benzene rings is 1. The monoisotopic (exact) mass is 385 g/mol. The highest BCUT2D eigenvalue weighted by atomic mass is 16.1. The number of carbonyl (C=O) groups excluding carboxylic acids is 1. The molecule has 1 N–H and O–H groups in total. The molecule has 1 amide bonds. The number of likely N-dealkylation sites (tertiary alicyclic amines) is 2. The Hall–Kier alpha value is -1.39. The molecule has 3 rings (SSSR count). The first kappa shape index (κ1) is 21.3. The van der Waals surface area contributed by atoms with Gasteiger partial charge in [-0.05, 0) is 90.2 Å². The molecule has 0 aromatic heterocycles. The van der Waals surface area contributed by atoms with Crippen LogP contribution in [-0.2, 0) is 11.2 Å². The molecule has 4 nitrogen and oxygen atoms in total. The molecule has 2 fully saturated rings. The smallest absolute Gasteiger partial charge is 0.223 e. The van der Waals surface area contributed by atoms with Crippen LogP contribution in [0.3, 0.4) is 0 Å². The highest BCUT2D eigenvalue weighted by Crippen LogP contribution is 2.24. The number of hydrogen-bond acceptors (Lipinski definition) is 3. The van der Waals surface area contributed by atoms with E-state index in [0.29, 0.717) is 6.04 Å². The van der Waals surface area contributed by atoms with Crippen LogP contribution in [0.15, 0.2) is 30.3 Å². The van der Waals surface area contributed by atoms with Crippen LogP contribution in [0.25, 0.3) is 0 Å². The summed E-state index contributed by atoms with van der Waals surface area (Å²) in [5.74, 6) is 0.505. The lowest BCUT2D eigenvalue weighted by Crippen LogP contribution is -2.49. The maximum atomic E-state index is 12.4. The van der Waals surface area contributed by atoms with E-state index < -0.39 is 0 Å². The van der Waals surface area contributed by atoms with Crippen molar-refractivity contribution in [2.45, 2.75) is 70.9 Å². The number of rotatable bonds is 8. The predicted octanol–water partition coefficient (Wildman–Crippen LogP) is 3.71. The fraction of sp³-hybridized carbons (Fsp3) is 0.708. The Balaban J connectivity index is 1.32. The van der Waals surface area contributed by atoms with Crippen LogP contribution in [0.1, 0.15) is 57.9 Å². The summed E-state index contributed by atoms with van der Waals surface area (Å²) in [4.78, 5) is 17.7. The molecule has 4 heteroatoms. The van der Waals surface area contributed by atoms with Crippen LogP contribution in [0.2, 0.25) is 0 Å². The molecule has 1 aromatic carbocycles. The van der Waals surface area contributed by atoms with Crippen LogP contribution in [0.4, 0.5) is 0 Å². The van der Waals surface area contributed by atoms with Crippen LogP contribution >= 0.6 is 0 Å². The molecule has 1 aromatic rings. The molecule has 2 aliphatic heterocycles. The zero-order chi connectivity index (χ0) is 19.8. The van der Waals surface area contributed by atoms with E-state index in [9.17, 15) is 4.79 Å². The Kier molecular flexibility index (Phi) is 8.35. The first-order valence-electron chi connectivity index (χ1n) is 11.5. The summed E-state index contributed by atoms with van der Waals surface area (Å²) in [6.45, 7) is 10.1. The molecule has 0 radical (unpaired) electrons. The molecule has 2 aliphatic rings. The number of nitrogens with one attached hydrogen (secondary N) is 1. The SMILES string of the molecule is CCC(C)NC(=O)C1CCN(C2CCN(CCCc3ccccc3)CC2)CC1. The fourth-order valence-electron chi connectivity index (χ4n) is 4.65. The fourth-order valence-corrected chi connectivity index (χ4v) is 4.65. The number of hydrogen-bond donors (Lipinski definition) is 1. The van der Waals surface area contributed by atoms with Crippen LogP contribution in [0.5, 0.6) is 0 Å². The third kappa shape index (κ3) is 6.31. The quantitative estimate of drug-likeness (QED) is 0.741. The molecular weight excluding hydrogens is 346 g/mol. The van der Waals surface area contributed by atoms with Crippen LogP contribution in [0, 0.1) is 5.92 Å². The van der Waals surface area contributed by atoms with Gasteiger partial charge in [0.1, 0.15) is 0 Å². The summed E-state index contributed by atoms with van der Waals surface area (Å²) in [5, 5.41) is 3.17. The minimum absolute atomic E-state index is 0.225. The van der Waals surface area contributed by atoms with Crippen molar-refractivity contribution in [3.8, 4) is 0 Å². The van der Waals surface area contributed by atoms with Crippen molar-refractivity contribution < 1.29 is 4.79 Å². The van der Waals surface area contributed by atoms with Gasteiger partial charge < -0.3 is 15.1 Å². The second-order valence-corrected chi connectivity index (χ2v) is 8.79. The van der Waals surface area contributed by atoms with Gasteiger partial charge in [0.15, 0.2) is 0 Å². The number of nitrogens with zero attached hydrogens (tertiary/aromatic N) is 2. The highest BCUT2D eigenvalue weighted by molar-refractivity contribution is 5.79. The molecule has 28 heavy (non-hydrogen) atoms. The average Bonchev–Trinajstić information content (AvgIpc) is 2.75. The van der Waals surface area contributed by atoms with Crippen molar-refractivity contribution in [2.75, 3.05) is 32.7 Å². The second-order valence-electron chi connectivity index (χ2n) is 8.79. The molecule has 0 spiro atoms. The zero-order valence-electron chi connectivity index (χ0n) is 17.9. The largest absolute Gasteiger partial charge is 0.353 e. The third-order valence-electron chi connectivity index (χ3n) is 6.76. The maximum absolute atomic E-state index is 12.4. The van der Waals surface area contributed by atoms with Gasteiger partial charge in [-0.25, -0.2) is 0 Å². The molecule has 1 unspecified atom stereocenters. The first-order valence-corrected chi connectivity index (χ1v) is 11.5. The van der Waals surface area contributed by atoms with Gasteiger partial charge in [-0.3, -0.25) is 4.79 Å². The first-order chi connectivity index (χ1) is 13.7. The minimum Gasteiger partial charge on any atom is -0.353 e. The third-order valence-corrected chi connectivity index (χ3v) is 6.76. The van der Waals surface area contributed by atoms with Crippen molar-refractivity contribution in [3.05, 3.63) is 35.9 Å². The van der Waals surface area contributed by atoms with E-state index in [1.807, 2.05) is 0 Å². The van der Waals surface area contributed by atoms with Crippen LogP contribution < -0.4 is 5.32 Å². The van der Waals surface area contributed by atoms with E-state index in [2.05, 4.69) is 59.3 Å². The lowest BCUT2D eigenvalue weighted by molar-refractivity contribution is -0.127. The van der Waals surface area contributed by atoms with Gasteiger partial charge in [-0.1, -0.05) is 37.3 Å². The van der Waals surface area contributed by atoms with Gasteiger partial charge in [0.25, 0.3) is 0 Å². The number of amides is 1. The molecule has 0 bridgehead atoms. The summed E-state index contributed by atoms with van der Waals surface area (Å²) in [6, 6.07) is 11.9. The molecular formula is C24H39N3O. The summed E-state index contributed by atoms with van der Waals surface area (Å²) >= 11 is 0. The zero-order valence-corrected chi connectivity index (χ0v) is 17.9. The summed E-state index contributed by atoms with van der Waals surface area (Å²) in [7, 11) is 0. The van der Waals surface area contributed by atoms with Crippen molar-refractivity contribution in [3.63, 3.8) is 0 Å². The Morgan fingerprint density at radius 1 is 1.07 bits per heavy atom. The van der Waals surface area contributed by atoms with E-state index in [4.69, 9.17) is 0 Å². The van der Waals surface area contributed by atoms with E-state index in [-0.39, 0.29) is 11.8 Å². The van der Waals surface area contributed by atoms with E-state index in [1.165, 1.54) is 50.9 Å². The molecule has 0 saturated carbocycles. The average molecular weight is 386 g/mol. The van der Waals surface area contributed by atoms with Gasteiger partial charge in [0.2, 0.25) is 5.91 Å². The van der Waals surface area contributed by atoms with Gasteiger partial charge in [-0.2, -0.15) is 0 Å². The van der Waals surface area contributed by atoms with Crippen LogP contribution in [-0.4, -0.2) is 60.5 Å². The Labute approximate surface area is 171 Å². The van der Waals surface area contributed by atoms with E-state index in [0.717, 1.165) is 38.4 Å². The summed E-state index contributed by atoms with van der Waals surface area (Å²) in [5.41, 5.74) is 1.46. The topological polar surface area (TPSA) is 35.6 Å². The van der Waals surface area contributed by atoms with Gasteiger partial charge in [0, 0.05) is 18.0 Å². The number of aryl methyl sites for hydroxylation is 1. The molecule has 1 atom stereocenters. The highest BCUT2D eigenvalue weighted by Gasteiger charge is 2.30. The number of piperidine rings is 2. The van der Waals surface area contributed by atoms with Crippen molar-refractivity contribution in [1.29, 1.82) is 0 Å². The van der Waals surface area contributed by atoms with E-state index >= 15 is 0 Å². The molecule has 156 valence electrons. The van der Waals surface area contributed by atoms with Gasteiger partial charge >= 0.3 is 0 Å². The van der Waals surface area contributed by atoms with Crippen molar-refractivity contribution >= 4 is 5.91 Å². The second kappa shape index (κ2) is 11.0. The van der Waals surface area contributed by atoms with Crippen molar-refractivity contribution in [1.82, 2.24) is 15.1 Å². The number of carbonyl (C=O) groups is 1. The Bertz CT molecular complexity index is 575. The molecule has 2 saturated heterocycles. The molecule has 0 aliphatic carbocycles. The summed E-state index contributed by atoms with van der Waals surface area (Å²) in [6.07, 6.45) is 8.08. The summed E-state index contributed by atoms with van der Waals surface area (Å²) < 4.78 is 0. The standard InChI is InChI=1S/C24H39N3O/c1-3-20(2)25-24(28)22-11-18-27(19-12-22)23-13-16-26(17-14-23)15-7-10-21-8-5-4-6-9-21/h4-6,8-9,20,22-23H,3,7,10-19H2,1-2H3,(H,25,28). The lowest BCUT2D eigenvalue weighted by atomic mass is 9.92. The maximum Gasteiger partial charge on any atom is 0.223 e. The van der Waals surface area contributed by atoms with E-state index in [1.54, 1.807) is 0 Å². The van der Waals surface area contributed by atoms with Gasteiger partial charge in [-0.15, -0.1) is 0 Å². The van der Waals surface area contributed by atoms with Crippen molar-refractivity contribution in [2.24, 2.45) is 5.92 Å². The van der Waals surface area contributed by atoms with Gasteiger partial charge in [0.05, 0.1) is 0 Å². The Morgan fingerprint density at radius 3 is 2.39 bits per heavy atom.